The van der Waals surface area contributed by atoms with Crippen molar-refractivity contribution in [1.82, 2.24) is 5.01 Å². The van der Waals surface area contributed by atoms with Crippen molar-refractivity contribution in [2.24, 2.45) is 5.10 Å². The van der Waals surface area contributed by atoms with E-state index in [0.717, 1.165) is 10.6 Å². The average molecular weight is 358 g/mol. The lowest BCUT2D eigenvalue weighted by atomic mass is 10.2. The molecule has 0 unspecified atom stereocenters. The molecule has 0 saturated carbocycles. The molecule has 134 valence electrons. The first-order chi connectivity index (χ1) is 13.2. The highest BCUT2D eigenvalue weighted by atomic mass is 16.5. The van der Waals surface area contributed by atoms with Crippen LogP contribution in [0.15, 0.2) is 96.1 Å². The Morgan fingerprint density at radius 3 is 2.00 bits per heavy atom. The maximum absolute atomic E-state index is 12.8. The summed E-state index contributed by atoms with van der Waals surface area (Å²) in [6.45, 7) is -0.297. The van der Waals surface area contributed by atoms with E-state index in [4.69, 9.17) is 4.74 Å². The van der Waals surface area contributed by atoms with Crippen molar-refractivity contribution in [3.8, 4) is 5.75 Å². The van der Waals surface area contributed by atoms with Gasteiger partial charge in [-0.05, 0) is 29.8 Å². The second kappa shape index (κ2) is 9.10. The van der Waals surface area contributed by atoms with Crippen molar-refractivity contribution < 1.29 is 14.3 Å². The summed E-state index contributed by atoms with van der Waals surface area (Å²) < 4.78 is 5.47. The molecule has 0 N–H and O–H groups in total. The molecule has 0 fully saturated rings. The van der Waals surface area contributed by atoms with Crippen LogP contribution in [0.1, 0.15) is 15.9 Å². The molecule has 5 nitrogen and oxygen atoms in total. The molecular formula is C22H18N2O3. The fourth-order valence-electron chi connectivity index (χ4n) is 2.32. The zero-order chi connectivity index (χ0) is 18.9. The number of hydrogen-bond acceptors (Lipinski definition) is 4. The summed E-state index contributed by atoms with van der Waals surface area (Å²) >= 11 is 0. The fourth-order valence-corrected chi connectivity index (χ4v) is 2.32. The molecule has 3 aromatic rings. The molecule has 0 aromatic heterocycles. The normalized spacial score (nSPS) is 10.5. The molecule has 3 aromatic carbocycles. The lowest BCUT2D eigenvalue weighted by Gasteiger charge is -2.16. The number of amides is 2. The molecular weight excluding hydrogens is 340 g/mol. The number of nitrogens with zero attached hydrogens (tertiary/aromatic N) is 2. The third kappa shape index (κ3) is 5.12. The molecule has 2 amide bonds. The number of benzene rings is 3. The number of hydrazone groups is 1. The molecule has 3 rings (SSSR count). The van der Waals surface area contributed by atoms with Gasteiger partial charge < -0.3 is 4.74 Å². The van der Waals surface area contributed by atoms with E-state index in [1.807, 2.05) is 36.4 Å². The smallest absolute Gasteiger partial charge is 0.288 e. The maximum Gasteiger partial charge on any atom is 0.288 e. The largest absolute Gasteiger partial charge is 0.484 e. The topological polar surface area (TPSA) is 59.0 Å². The monoisotopic (exact) mass is 358 g/mol. The van der Waals surface area contributed by atoms with Crippen LogP contribution in [-0.4, -0.2) is 29.6 Å². The summed E-state index contributed by atoms with van der Waals surface area (Å²) in [5.74, 6) is -0.519. The number of para-hydroxylation sites is 1. The molecule has 0 aliphatic carbocycles. The summed E-state index contributed by atoms with van der Waals surface area (Å²) in [5.41, 5.74) is 1.15. The van der Waals surface area contributed by atoms with Gasteiger partial charge in [-0.3, -0.25) is 9.59 Å². The van der Waals surface area contributed by atoms with Gasteiger partial charge in [0.05, 0.1) is 6.21 Å². The minimum absolute atomic E-state index is 0.297. The van der Waals surface area contributed by atoms with Gasteiger partial charge in [-0.2, -0.15) is 10.1 Å². The second-order valence-corrected chi connectivity index (χ2v) is 5.63. The van der Waals surface area contributed by atoms with Gasteiger partial charge in [-0.25, -0.2) is 0 Å². The second-order valence-electron chi connectivity index (χ2n) is 5.63. The first kappa shape index (κ1) is 18.1. The van der Waals surface area contributed by atoms with E-state index in [2.05, 4.69) is 5.10 Å². The Hall–Kier alpha value is -3.73. The Bertz CT molecular complexity index is 910. The molecule has 0 atom stereocenters. The van der Waals surface area contributed by atoms with Crippen LogP contribution in [0.3, 0.4) is 0 Å². The Morgan fingerprint density at radius 1 is 0.815 bits per heavy atom. The molecule has 0 aliphatic rings. The summed E-state index contributed by atoms with van der Waals surface area (Å²) in [6.07, 6.45) is 1.47. The quantitative estimate of drug-likeness (QED) is 0.498. The molecule has 5 heteroatoms. The maximum atomic E-state index is 12.8. The number of imide groups is 1. The van der Waals surface area contributed by atoms with Crippen molar-refractivity contribution in [2.45, 2.75) is 0 Å². The summed E-state index contributed by atoms with van der Waals surface area (Å²) in [7, 11) is 0. The summed E-state index contributed by atoms with van der Waals surface area (Å²) in [4.78, 5) is 25.4. The predicted molar refractivity (Wildman–Crippen MR) is 104 cm³/mol. The van der Waals surface area contributed by atoms with Gasteiger partial charge >= 0.3 is 0 Å². The highest BCUT2D eigenvalue weighted by molar-refractivity contribution is 6.05. The van der Waals surface area contributed by atoms with E-state index in [0.29, 0.717) is 11.3 Å². The van der Waals surface area contributed by atoms with Crippen LogP contribution < -0.4 is 4.74 Å². The third-order valence-corrected chi connectivity index (χ3v) is 3.68. The van der Waals surface area contributed by atoms with Gasteiger partial charge in [0.15, 0.2) is 6.61 Å². The van der Waals surface area contributed by atoms with Crippen LogP contribution in [0.5, 0.6) is 5.75 Å². The highest BCUT2D eigenvalue weighted by Crippen LogP contribution is 2.10. The van der Waals surface area contributed by atoms with Gasteiger partial charge in [-0.15, -0.1) is 0 Å². The lowest BCUT2D eigenvalue weighted by molar-refractivity contribution is -0.130. The molecule has 27 heavy (non-hydrogen) atoms. The van der Waals surface area contributed by atoms with E-state index >= 15 is 0 Å². The molecule has 0 radical (unpaired) electrons. The summed E-state index contributed by atoms with van der Waals surface area (Å²) in [6, 6.07) is 26.7. The van der Waals surface area contributed by atoms with Gasteiger partial charge in [0, 0.05) is 5.56 Å². The predicted octanol–water partition coefficient (Wildman–Crippen LogP) is 3.77. The standard InChI is InChI=1S/C22H18N2O3/c25-21(17-27-20-14-8-3-9-15-20)24(22(26)19-12-6-2-7-13-19)23-16-18-10-4-1-5-11-18/h1-16H,17H2. The number of hydrogen-bond donors (Lipinski definition) is 0. The zero-order valence-electron chi connectivity index (χ0n) is 14.6. The Morgan fingerprint density at radius 2 is 1.37 bits per heavy atom. The number of ether oxygens (including phenoxy) is 1. The van der Waals surface area contributed by atoms with E-state index in [-0.39, 0.29) is 6.61 Å². The first-order valence-corrected chi connectivity index (χ1v) is 8.43. The van der Waals surface area contributed by atoms with Crippen LogP contribution >= 0.6 is 0 Å². The van der Waals surface area contributed by atoms with E-state index in [1.54, 1.807) is 54.6 Å². The van der Waals surface area contributed by atoms with Gasteiger partial charge in [-0.1, -0.05) is 66.7 Å². The summed E-state index contributed by atoms with van der Waals surface area (Å²) in [5, 5.41) is 4.95. The van der Waals surface area contributed by atoms with E-state index < -0.39 is 11.8 Å². The van der Waals surface area contributed by atoms with Crippen molar-refractivity contribution in [3.05, 3.63) is 102 Å². The first-order valence-electron chi connectivity index (χ1n) is 8.43. The highest BCUT2D eigenvalue weighted by Gasteiger charge is 2.22. The van der Waals surface area contributed by atoms with Crippen molar-refractivity contribution in [1.29, 1.82) is 0 Å². The molecule has 0 bridgehead atoms. The van der Waals surface area contributed by atoms with Crippen molar-refractivity contribution in [2.75, 3.05) is 6.61 Å². The van der Waals surface area contributed by atoms with E-state index in [9.17, 15) is 9.59 Å². The van der Waals surface area contributed by atoms with Gasteiger partial charge in [0.25, 0.3) is 11.8 Å². The molecule has 0 saturated heterocycles. The lowest BCUT2D eigenvalue weighted by Crippen LogP contribution is -2.36. The SMILES string of the molecule is O=C(COc1ccccc1)N(N=Cc1ccccc1)C(=O)c1ccccc1. The van der Waals surface area contributed by atoms with Crippen LogP contribution in [0.4, 0.5) is 0 Å². The number of carbonyl (C=O) groups excluding carboxylic acids is 2. The van der Waals surface area contributed by atoms with Crippen molar-refractivity contribution in [3.63, 3.8) is 0 Å². The third-order valence-electron chi connectivity index (χ3n) is 3.68. The number of rotatable bonds is 6. The van der Waals surface area contributed by atoms with Crippen LogP contribution in [0.25, 0.3) is 0 Å². The fraction of sp³-hybridized carbons (Fsp3) is 0.0455. The minimum Gasteiger partial charge on any atom is -0.484 e. The Labute approximate surface area is 157 Å². The average Bonchev–Trinajstić information content (AvgIpc) is 2.74. The van der Waals surface area contributed by atoms with Crippen molar-refractivity contribution >= 4 is 18.0 Å². The van der Waals surface area contributed by atoms with Crippen LogP contribution in [0.2, 0.25) is 0 Å². The van der Waals surface area contributed by atoms with Gasteiger partial charge in [0.2, 0.25) is 0 Å². The van der Waals surface area contributed by atoms with Gasteiger partial charge in [0.1, 0.15) is 5.75 Å². The Kier molecular flexibility index (Phi) is 6.09. The van der Waals surface area contributed by atoms with E-state index in [1.165, 1.54) is 6.21 Å². The molecule has 0 heterocycles. The van der Waals surface area contributed by atoms with Crippen LogP contribution in [-0.2, 0) is 4.79 Å². The van der Waals surface area contributed by atoms with Crippen LogP contribution in [0, 0.1) is 0 Å². The molecule has 0 aliphatic heterocycles. The Balaban J connectivity index is 1.79. The minimum atomic E-state index is -0.556. The number of carbonyl (C=O) groups is 2. The molecule has 0 spiro atoms. The zero-order valence-corrected chi connectivity index (χ0v) is 14.6.